The molecular weight excluding hydrogens is 465 g/mol. The number of amides is 2. The van der Waals surface area contributed by atoms with Gasteiger partial charge < -0.3 is 9.64 Å². The zero-order chi connectivity index (χ0) is 24.4. The van der Waals surface area contributed by atoms with Crippen molar-refractivity contribution in [3.05, 3.63) is 41.7 Å². The topological polar surface area (TPSA) is 87.7 Å². The molecule has 2 amide bonds. The molecule has 0 aromatic heterocycles. The predicted molar refractivity (Wildman–Crippen MR) is 130 cm³/mol. The van der Waals surface area contributed by atoms with Gasteiger partial charge in [0.15, 0.2) is 11.6 Å². The highest BCUT2D eigenvalue weighted by Crippen LogP contribution is 2.47. The summed E-state index contributed by atoms with van der Waals surface area (Å²) in [6, 6.07) is 4.28. The third-order valence-electron chi connectivity index (χ3n) is 5.86. The summed E-state index contributed by atoms with van der Waals surface area (Å²) < 4.78 is 47.9. The average Bonchev–Trinajstić information content (AvgIpc) is 3.45. The zero-order valence-corrected chi connectivity index (χ0v) is 21.1. The molecular formula is C23H32FN3O4S2. The molecule has 1 saturated heterocycles. The molecule has 10 heteroatoms. The fraction of sp³-hybridized carbons (Fsp3) is 0.565. The molecule has 3 rings (SSSR count). The first-order valence-corrected chi connectivity index (χ1v) is 13.1. The number of ether oxygens (including phenoxy) is 1. The maximum atomic E-state index is 14.1. The van der Waals surface area contributed by atoms with E-state index in [-0.39, 0.29) is 23.5 Å². The number of carbonyl (C=O) groups is 1. The van der Waals surface area contributed by atoms with Crippen molar-refractivity contribution >= 4 is 33.3 Å². The second-order valence-corrected chi connectivity index (χ2v) is 11.8. The van der Waals surface area contributed by atoms with Crippen LogP contribution in [0.25, 0.3) is 0 Å². The van der Waals surface area contributed by atoms with Crippen molar-refractivity contribution in [1.82, 2.24) is 14.9 Å². The van der Waals surface area contributed by atoms with Crippen LogP contribution in [0.15, 0.2) is 30.4 Å². The smallest absolute Gasteiger partial charge is 0.323 e. The summed E-state index contributed by atoms with van der Waals surface area (Å²) in [5, 5.41) is 2.64. The highest BCUT2D eigenvalue weighted by molar-refractivity contribution is 7.89. The lowest BCUT2D eigenvalue weighted by Crippen LogP contribution is -2.43. The molecule has 0 unspecified atom stereocenters. The quantitative estimate of drug-likeness (QED) is 0.358. The molecule has 1 aliphatic heterocycles. The second kappa shape index (κ2) is 9.68. The van der Waals surface area contributed by atoms with Gasteiger partial charge in [-0.05, 0) is 56.7 Å². The Bertz CT molecular complexity index is 1050. The highest BCUT2D eigenvalue weighted by Gasteiger charge is 2.47. The summed E-state index contributed by atoms with van der Waals surface area (Å²) in [6.45, 7) is 8.39. The molecule has 33 heavy (non-hydrogen) atoms. The maximum Gasteiger partial charge on any atom is 0.323 e. The van der Waals surface area contributed by atoms with Gasteiger partial charge in [-0.15, -0.1) is 0 Å². The summed E-state index contributed by atoms with van der Waals surface area (Å²) >= 11 is 5.18. The third-order valence-corrected chi connectivity index (χ3v) is 7.94. The van der Waals surface area contributed by atoms with E-state index in [1.54, 1.807) is 29.2 Å². The Labute approximate surface area is 200 Å². The van der Waals surface area contributed by atoms with E-state index in [1.165, 1.54) is 6.07 Å². The summed E-state index contributed by atoms with van der Waals surface area (Å²) in [7, 11) is -3.56. The van der Waals surface area contributed by atoms with Crippen molar-refractivity contribution < 1.29 is 22.3 Å². The second-order valence-electron chi connectivity index (χ2n) is 9.54. The molecule has 2 fully saturated rings. The standard InChI is InChI=1S/C23H32FN3O4S2/c1-16(2)15-31-19-14-17(8-9-18(19)24)23(10-11-23)26-33(29,30)13-7-5-6-12-27-21(28)25-20(32)22(27,3)4/h5-6,8-9,14,16,26H,7,10-13,15H2,1-4H3,(H,25,28,32)/b6-5+. The van der Waals surface area contributed by atoms with Gasteiger partial charge >= 0.3 is 6.03 Å². The van der Waals surface area contributed by atoms with Crippen LogP contribution in [0.4, 0.5) is 9.18 Å². The fourth-order valence-corrected chi connectivity index (χ4v) is 5.28. The van der Waals surface area contributed by atoms with E-state index in [4.69, 9.17) is 17.0 Å². The number of nitrogens with zero attached hydrogens (tertiary/aromatic N) is 1. The van der Waals surface area contributed by atoms with Crippen LogP contribution in [0.3, 0.4) is 0 Å². The molecule has 0 bridgehead atoms. The first-order chi connectivity index (χ1) is 15.4. The van der Waals surface area contributed by atoms with Gasteiger partial charge in [0.2, 0.25) is 10.0 Å². The van der Waals surface area contributed by atoms with E-state index in [1.807, 2.05) is 27.7 Å². The van der Waals surface area contributed by atoms with Gasteiger partial charge in [0.1, 0.15) is 4.99 Å². The molecule has 182 valence electrons. The molecule has 7 nitrogen and oxygen atoms in total. The Morgan fingerprint density at radius 3 is 2.58 bits per heavy atom. The predicted octanol–water partition coefficient (Wildman–Crippen LogP) is 3.85. The monoisotopic (exact) mass is 497 g/mol. The summed E-state index contributed by atoms with van der Waals surface area (Å²) in [4.78, 5) is 14.1. The lowest BCUT2D eigenvalue weighted by atomic mass is 10.1. The first kappa shape index (κ1) is 25.6. The van der Waals surface area contributed by atoms with Gasteiger partial charge in [0, 0.05) is 6.54 Å². The minimum Gasteiger partial charge on any atom is -0.490 e. The SMILES string of the molecule is CC(C)COc1cc(C2(NS(=O)(=O)CC/C=C/CN3C(=O)NC(=S)C3(C)C)CC2)ccc1F. The minimum atomic E-state index is -3.56. The molecule has 0 spiro atoms. The number of sulfonamides is 1. The van der Waals surface area contributed by atoms with Crippen LogP contribution in [0.5, 0.6) is 5.75 Å². The van der Waals surface area contributed by atoms with Crippen molar-refractivity contribution in [2.24, 2.45) is 5.92 Å². The van der Waals surface area contributed by atoms with Crippen molar-refractivity contribution in [2.75, 3.05) is 18.9 Å². The molecule has 1 aromatic carbocycles. The summed E-state index contributed by atoms with van der Waals surface area (Å²) in [6.07, 6.45) is 5.12. The molecule has 2 N–H and O–H groups in total. The third kappa shape index (κ3) is 6.10. The Kier molecular flexibility index (Phi) is 7.50. The van der Waals surface area contributed by atoms with Crippen LogP contribution in [0, 0.1) is 11.7 Å². The molecule has 1 aromatic rings. The largest absolute Gasteiger partial charge is 0.490 e. The van der Waals surface area contributed by atoms with Crippen LogP contribution in [0.1, 0.15) is 52.5 Å². The number of halogens is 1. The van der Waals surface area contributed by atoms with Crippen LogP contribution in [-0.4, -0.2) is 48.8 Å². The summed E-state index contributed by atoms with van der Waals surface area (Å²) in [5.74, 6) is -0.157. The van der Waals surface area contributed by atoms with Gasteiger partial charge in [0.25, 0.3) is 0 Å². The van der Waals surface area contributed by atoms with Crippen molar-refractivity contribution in [2.45, 2.75) is 58.0 Å². The number of urea groups is 1. The Morgan fingerprint density at radius 1 is 1.30 bits per heavy atom. The van der Waals surface area contributed by atoms with Crippen LogP contribution < -0.4 is 14.8 Å². The summed E-state index contributed by atoms with van der Waals surface area (Å²) in [5.41, 5.74) is -0.574. The Balaban J connectivity index is 1.56. The number of carbonyl (C=O) groups excluding carboxylic acids is 1. The van der Waals surface area contributed by atoms with Crippen LogP contribution in [0.2, 0.25) is 0 Å². The minimum absolute atomic E-state index is 0.0862. The number of nitrogens with one attached hydrogen (secondary N) is 2. The number of rotatable bonds is 11. The molecule has 1 heterocycles. The number of allylic oxidation sites excluding steroid dienone is 1. The van der Waals surface area contributed by atoms with E-state index < -0.39 is 26.9 Å². The number of hydrogen-bond donors (Lipinski definition) is 2. The molecule has 2 aliphatic rings. The van der Waals surface area contributed by atoms with Crippen molar-refractivity contribution in [1.29, 1.82) is 0 Å². The van der Waals surface area contributed by atoms with E-state index >= 15 is 0 Å². The van der Waals surface area contributed by atoms with Crippen LogP contribution in [-0.2, 0) is 15.6 Å². The van der Waals surface area contributed by atoms with E-state index in [0.29, 0.717) is 43.0 Å². The van der Waals surface area contributed by atoms with Gasteiger partial charge in [-0.1, -0.05) is 44.3 Å². The molecule has 0 radical (unpaired) electrons. The Morgan fingerprint density at radius 2 is 2.00 bits per heavy atom. The van der Waals surface area contributed by atoms with E-state index in [0.717, 1.165) is 0 Å². The van der Waals surface area contributed by atoms with Crippen molar-refractivity contribution in [3.8, 4) is 5.75 Å². The van der Waals surface area contributed by atoms with E-state index in [2.05, 4.69) is 10.0 Å². The number of benzene rings is 1. The van der Waals surface area contributed by atoms with E-state index in [9.17, 15) is 17.6 Å². The lowest BCUT2D eigenvalue weighted by Gasteiger charge is -2.28. The maximum absolute atomic E-state index is 14.1. The van der Waals surface area contributed by atoms with Gasteiger partial charge in [-0.2, -0.15) is 0 Å². The number of thiocarbonyl (C=S) groups is 1. The molecule has 1 aliphatic carbocycles. The van der Waals surface area contributed by atoms with Gasteiger partial charge in [-0.3, -0.25) is 5.32 Å². The lowest BCUT2D eigenvalue weighted by molar-refractivity contribution is 0.195. The highest BCUT2D eigenvalue weighted by atomic mass is 32.2. The van der Waals surface area contributed by atoms with Crippen LogP contribution >= 0.6 is 12.2 Å². The Hall–Kier alpha value is -2.04. The van der Waals surface area contributed by atoms with Crippen molar-refractivity contribution in [3.63, 3.8) is 0 Å². The van der Waals surface area contributed by atoms with Gasteiger partial charge in [0.05, 0.1) is 23.4 Å². The average molecular weight is 498 g/mol. The van der Waals surface area contributed by atoms with Gasteiger partial charge in [-0.25, -0.2) is 22.3 Å². The normalized spacial score (nSPS) is 19.4. The fourth-order valence-electron chi connectivity index (χ4n) is 3.62. The zero-order valence-electron chi connectivity index (χ0n) is 19.5. The first-order valence-electron chi connectivity index (χ1n) is 11.1. The molecule has 1 saturated carbocycles. The number of hydrogen-bond acceptors (Lipinski definition) is 5. The molecule has 0 atom stereocenters.